The molecule has 5 heteroatoms. The number of aliphatic hydroxyl groups is 1. The summed E-state index contributed by atoms with van der Waals surface area (Å²) in [6, 6.07) is 3.80. The van der Waals surface area contributed by atoms with Crippen molar-refractivity contribution >= 4 is 5.97 Å². The van der Waals surface area contributed by atoms with E-state index in [2.05, 4.69) is 0 Å². The van der Waals surface area contributed by atoms with Gasteiger partial charge in [-0.2, -0.15) is 0 Å². The second kappa shape index (κ2) is 3.97. The molecule has 76 valence electrons. The lowest BCUT2D eigenvalue weighted by Crippen LogP contribution is -2.29. The molecule has 0 aliphatic carbocycles. The SMILES string of the molecule is COc1ccc(C(O)C(=O)[O-])cc1O. The zero-order valence-electron chi connectivity index (χ0n) is 7.43. The summed E-state index contributed by atoms with van der Waals surface area (Å²) in [6.45, 7) is 0. The second-order valence-corrected chi connectivity index (χ2v) is 2.65. The molecule has 0 aliphatic rings. The minimum Gasteiger partial charge on any atom is -0.547 e. The van der Waals surface area contributed by atoms with Gasteiger partial charge in [0.15, 0.2) is 11.5 Å². The van der Waals surface area contributed by atoms with Crippen LogP contribution in [0.25, 0.3) is 0 Å². The molecule has 0 amide bonds. The Morgan fingerprint density at radius 1 is 1.57 bits per heavy atom. The van der Waals surface area contributed by atoms with Crippen molar-refractivity contribution in [2.45, 2.75) is 6.10 Å². The number of benzene rings is 1. The van der Waals surface area contributed by atoms with Crippen LogP contribution in [0.2, 0.25) is 0 Å². The standard InChI is InChI=1S/C9H10O5/c1-14-7-3-2-5(4-6(7)10)8(11)9(12)13/h2-4,8,10-11H,1H3,(H,12,13)/p-1. The molecule has 0 aliphatic heterocycles. The molecule has 1 unspecified atom stereocenters. The molecule has 5 nitrogen and oxygen atoms in total. The predicted molar refractivity (Wildman–Crippen MR) is 44.6 cm³/mol. The van der Waals surface area contributed by atoms with Crippen LogP contribution in [0.1, 0.15) is 11.7 Å². The number of aliphatic carboxylic acids is 1. The van der Waals surface area contributed by atoms with Gasteiger partial charge in [0.2, 0.25) is 0 Å². The predicted octanol–water partition coefficient (Wildman–Crippen LogP) is -0.816. The molecule has 0 aromatic heterocycles. The first kappa shape index (κ1) is 10.3. The van der Waals surface area contributed by atoms with Crippen LogP contribution in [0.15, 0.2) is 18.2 Å². The van der Waals surface area contributed by atoms with Crippen LogP contribution in [0.5, 0.6) is 11.5 Å². The molecular formula is C9H9O5-. The molecule has 14 heavy (non-hydrogen) atoms. The number of hydrogen-bond donors (Lipinski definition) is 2. The van der Waals surface area contributed by atoms with E-state index in [1.165, 1.54) is 19.2 Å². The normalized spacial score (nSPS) is 12.1. The zero-order chi connectivity index (χ0) is 10.7. The molecule has 0 fully saturated rings. The lowest BCUT2D eigenvalue weighted by molar-refractivity contribution is -0.315. The lowest BCUT2D eigenvalue weighted by atomic mass is 10.1. The van der Waals surface area contributed by atoms with Crippen LogP contribution < -0.4 is 9.84 Å². The van der Waals surface area contributed by atoms with Crippen LogP contribution in [-0.4, -0.2) is 23.3 Å². The first-order chi connectivity index (χ1) is 6.56. The molecule has 0 bridgehead atoms. The van der Waals surface area contributed by atoms with Crippen molar-refractivity contribution in [2.75, 3.05) is 7.11 Å². The van der Waals surface area contributed by atoms with E-state index >= 15 is 0 Å². The molecule has 1 aromatic carbocycles. The minimum absolute atomic E-state index is 0.0447. The fourth-order valence-corrected chi connectivity index (χ4v) is 1.01. The Bertz CT molecular complexity index is 347. The Labute approximate surface area is 80.2 Å². The maximum atomic E-state index is 10.3. The van der Waals surface area contributed by atoms with Gasteiger partial charge in [-0.05, 0) is 17.7 Å². The summed E-state index contributed by atoms with van der Waals surface area (Å²) in [6.07, 6.45) is -1.74. The number of phenols is 1. The van der Waals surface area contributed by atoms with Crippen LogP contribution in [-0.2, 0) is 4.79 Å². The number of carbonyl (C=O) groups is 1. The first-order valence-electron chi connectivity index (χ1n) is 3.82. The van der Waals surface area contributed by atoms with Crippen LogP contribution in [0.3, 0.4) is 0 Å². The number of carboxylic acid groups (broad SMARTS) is 1. The number of aromatic hydroxyl groups is 1. The van der Waals surface area contributed by atoms with E-state index < -0.39 is 12.1 Å². The van der Waals surface area contributed by atoms with Crippen LogP contribution in [0, 0.1) is 0 Å². The van der Waals surface area contributed by atoms with Crippen molar-refractivity contribution in [3.05, 3.63) is 23.8 Å². The third-order valence-electron chi connectivity index (χ3n) is 1.74. The third kappa shape index (κ3) is 1.94. The summed E-state index contributed by atoms with van der Waals surface area (Å²) in [5.74, 6) is -1.64. The monoisotopic (exact) mass is 197 g/mol. The molecule has 1 aromatic rings. The summed E-state index contributed by atoms with van der Waals surface area (Å²) in [4.78, 5) is 10.3. The average Bonchev–Trinajstić information content (AvgIpc) is 2.16. The third-order valence-corrected chi connectivity index (χ3v) is 1.74. The van der Waals surface area contributed by atoms with Crippen LogP contribution >= 0.6 is 0 Å². The van der Waals surface area contributed by atoms with Crippen molar-refractivity contribution < 1.29 is 24.9 Å². The van der Waals surface area contributed by atoms with Gasteiger partial charge in [0.1, 0.15) is 6.10 Å². The van der Waals surface area contributed by atoms with Gasteiger partial charge >= 0.3 is 0 Å². The van der Waals surface area contributed by atoms with Crippen LogP contribution in [0.4, 0.5) is 0 Å². The molecule has 0 heterocycles. The number of methoxy groups -OCH3 is 1. The summed E-state index contributed by atoms with van der Waals surface area (Å²) in [5, 5.41) is 28.6. The number of aliphatic hydroxyl groups excluding tert-OH is 1. The summed E-state index contributed by atoms with van der Waals surface area (Å²) >= 11 is 0. The highest BCUT2D eigenvalue weighted by molar-refractivity contribution is 5.72. The van der Waals surface area contributed by atoms with Gasteiger partial charge in [0.05, 0.1) is 13.1 Å². The van der Waals surface area contributed by atoms with Gasteiger partial charge in [-0.1, -0.05) is 6.07 Å². The average molecular weight is 197 g/mol. The maximum absolute atomic E-state index is 10.3. The fourth-order valence-electron chi connectivity index (χ4n) is 1.01. The smallest absolute Gasteiger partial charge is 0.160 e. The van der Waals surface area contributed by atoms with E-state index in [0.717, 1.165) is 6.07 Å². The molecule has 0 radical (unpaired) electrons. The molecule has 1 atom stereocenters. The Hall–Kier alpha value is -1.75. The topological polar surface area (TPSA) is 89.8 Å². The van der Waals surface area contributed by atoms with Gasteiger partial charge in [0, 0.05) is 0 Å². The van der Waals surface area contributed by atoms with Gasteiger partial charge in [-0.3, -0.25) is 0 Å². The summed E-state index contributed by atoms with van der Waals surface area (Å²) < 4.78 is 4.75. The van der Waals surface area contributed by atoms with Crippen molar-refractivity contribution in [3.8, 4) is 11.5 Å². The quantitative estimate of drug-likeness (QED) is 0.661. The van der Waals surface area contributed by atoms with Crippen molar-refractivity contribution in [1.82, 2.24) is 0 Å². The minimum atomic E-state index is -1.74. The van der Waals surface area contributed by atoms with Gasteiger partial charge in [-0.25, -0.2) is 0 Å². The second-order valence-electron chi connectivity index (χ2n) is 2.65. The Morgan fingerprint density at radius 2 is 2.21 bits per heavy atom. The zero-order valence-corrected chi connectivity index (χ0v) is 7.43. The van der Waals surface area contributed by atoms with Gasteiger partial charge in [-0.15, -0.1) is 0 Å². The number of ether oxygens (including phenoxy) is 1. The Kier molecular flexibility index (Phi) is 2.93. The van der Waals surface area contributed by atoms with Crippen molar-refractivity contribution in [2.24, 2.45) is 0 Å². The van der Waals surface area contributed by atoms with E-state index in [1.54, 1.807) is 0 Å². The number of carboxylic acids is 1. The molecule has 0 saturated heterocycles. The van der Waals surface area contributed by atoms with E-state index in [4.69, 9.17) is 9.84 Å². The van der Waals surface area contributed by atoms with Crippen molar-refractivity contribution in [1.29, 1.82) is 0 Å². The highest BCUT2D eigenvalue weighted by Gasteiger charge is 2.10. The number of rotatable bonds is 3. The largest absolute Gasteiger partial charge is 0.547 e. The molecule has 0 saturated carbocycles. The van der Waals surface area contributed by atoms with E-state index in [0.29, 0.717) is 0 Å². The lowest BCUT2D eigenvalue weighted by Gasteiger charge is -2.12. The number of hydrogen-bond acceptors (Lipinski definition) is 5. The first-order valence-corrected chi connectivity index (χ1v) is 3.82. The van der Waals surface area contributed by atoms with Gasteiger partial charge < -0.3 is 24.9 Å². The highest BCUT2D eigenvalue weighted by Crippen LogP contribution is 2.28. The molecule has 1 rings (SSSR count). The summed E-state index contributed by atoms with van der Waals surface area (Å²) in [7, 11) is 1.36. The van der Waals surface area contributed by atoms with Crippen molar-refractivity contribution in [3.63, 3.8) is 0 Å². The number of carbonyl (C=O) groups excluding carboxylic acids is 1. The maximum Gasteiger partial charge on any atom is 0.160 e. The Morgan fingerprint density at radius 3 is 2.64 bits per heavy atom. The summed E-state index contributed by atoms with van der Waals surface area (Å²) in [5.41, 5.74) is 0.0447. The highest BCUT2D eigenvalue weighted by atomic mass is 16.5. The number of phenolic OH excluding ortho intramolecular Hbond substituents is 1. The molecule has 2 N–H and O–H groups in total. The van der Waals surface area contributed by atoms with E-state index in [1.807, 2.05) is 0 Å². The van der Waals surface area contributed by atoms with E-state index in [-0.39, 0.29) is 17.1 Å². The fraction of sp³-hybridized carbons (Fsp3) is 0.222. The molecule has 0 spiro atoms. The molecular weight excluding hydrogens is 188 g/mol. The Balaban J connectivity index is 3.02. The van der Waals surface area contributed by atoms with Gasteiger partial charge in [0.25, 0.3) is 0 Å². The van der Waals surface area contributed by atoms with E-state index in [9.17, 15) is 15.0 Å².